The lowest BCUT2D eigenvalue weighted by Crippen LogP contribution is -2.15. The van der Waals surface area contributed by atoms with E-state index >= 15 is 0 Å². The molecule has 260 valence electrons. The summed E-state index contributed by atoms with van der Waals surface area (Å²) in [6, 6.07) is 26.4. The number of esters is 4. The van der Waals surface area contributed by atoms with Crippen LogP contribution >= 0.6 is 23.2 Å². The van der Waals surface area contributed by atoms with Crippen LogP contribution in [0, 0.1) is 22.7 Å². The molecule has 0 atom stereocenters. The molecule has 0 radical (unpaired) electrons. The highest BCUT2D eigenvalue weighted by Gasteiger charge is 2.21. The van der Waals surface area contributed by atoms with Crippen LogP contribution in [0.15, 0.2) is 114 Å². The summed E-state index contributed by atoms with van der Waals surface area (Å²) >= 11 is 12.9. The molecule has 0 saturated heterocycles. The van der Waals surface area contributed by atoms with Crippen molar-refractivity contribution in [1.29, 1.82) is 10.5 Å². The molecule has 0 saturated carbocycles. The van der Waals surface area contributed by atoms with Gasteiger partial charge in [0.1, 0.15) is 38.6 Å². The third-order valence-electron chi connectivity index (χ3n) is 6.64. The molecule has 3 aromatic rings. The van der Waals surface area contributed by atoms with E-state index in [9.17, 15) is 29.7 Å². The molecule has 0 amide bonds. The van der Waals surface area contributed by atoms with Gasteiger partial charge in [0.05, 0.1) is 10.1 Å². The second kappa shape index (κ2) is 19.2. The normalized spacial score (nSPS) is 11.3. The molecule has 11 nitrogen and oxygen atoms in total. The van der Waals surface area contributed by atoms with E-state index in [4.69, 9.17) is 42.1 Å². The molecule has 51 heavy (non-hydrogen) atoms. The van der Waals surface area contributed by atoms with E-state index in [0.29, 0.717) is 22.5 Å². The van der Waals surface area contributed by atoms with E-state index in [-0.39, 0.29) is 47.6 Å². The highest BCUT2D eigenvalue weighted by molar-refractivity contribution is 6.51. The fourth-order valence-corrected chi connectivity index (χ4v) is 4.61. The fourth-order valence-electron chi connectivity index (χ4n) is 4.12. The van der Waals surface area contributed by atoms with Gasteiger partial charge in [0, 0.05) is 28.2 Å². The zero-order valence-corrected chi connectivity index (χ0v) is 29.1. The van der Waals surface area contributed by atoms with Gasteiger partial charge in [-0.25, -0.2) is 19.2 Å². The predicted octanol–water partition coefficient (Wildman–Crippen LogP) is 7.43. The average Bonchev–Trinajstić information content (AvgIpc) is 3.13. The maximum Gasteiger partial charge on any atom is 0.350 e. The van der Waals surface area contributed by atoms with Gasteiger partial charge in [0.2, 0.25) is 0 Å². The van der Waals surface area contributed by atoms with Crippen molar-refractivity contribution < 1.29 is 38.1 Å². The summed E-state index contributed by atoms with van der Waals surface area (Å²) in [7, 11) is 0. The number of nitrogens with zero attached hydrogens (tertiary/aromatic N) is 3. The molecular weight excluding hydrogens is 697 g/mol. The van der Waals surface area contributed by atoms with Crippen LogP contribution in [-0.2, 0) is 38.1 Å². The second-order valence-electron chi connectivity index (χ2n) is 10.5. The Labute approximate surface area is 304 Å². The summed E-state index contributed by atoms with van der Waals surface area (Å²) in [4.78, 5) is 50.0. The molecule has 0 unspecified atom stereocenters. The van der Waals surface area contributed by atoms with Crippen LogP contribution in [0.2, 0.25) is 0 Å². The van der Waals surface area contributed by atoms with Gasteiger partial charge in [-0.15, -0.1) is 0 Å². The third kappa shape index (κ3) is 10.9. The number of rotatable bonds is 15. The predicted molar refractivity (Wildman–Crippen MR) is 191 cm³/mol. The van der Waals surface area contributed by atoms with Crippen molar-refractivity contribution >= 4 is 74.2 Å². The van der Waals surface area contributed by atoms with Crippen LogP contribution in [0.3, 0.4) is 0 Å². The maximum atomic E-state index is 12.6. The Morgan fingerprint density at radius 3 is 1.20 bits per heavy atom. The van der Waals surface area contributed by atoms with Gasteiger partial charge in [0.25, 0.3) is 0 Å². The Kier molecular flexibility index (Phi) is 14.8. The van der Waals surface area contributed by atoms with Gasteiger partial charge < -0.3 is 23.8 Å². The minimum absolute atomic E-state index is 0.135. The number of para-hydroxylation sites is 1. The number of halogens is 2. The Morgan fingerprint density at radius 2 is 0.882 bits per heavy atom. The standard InChI is InChI=1S/C38H31Cl2N3O8/c1-24(2)35(44)48-18-20-50-37(46)31(22-41)33(39)26-10-14-29(15-11-26)43(28-8-6-5-7-9-28)30-16-12-27(13-17-30)34(40)32(23-42)38(47)51-21-19-49-36(45)25(3)4/h5-17H,1,3,18-21H2,2,4H3/b33-31-,34-32-. The maximum absolute atomic E-state index is 12.6. The van der Waals surface area contributed by atoms with Crippen molar-refractivity contribution in [2.45, 2.75) is 13.8 Å². The van der Waals surface area contributed by atoms with Gasteiger partial charge in [-0.2, -0.15) is 10.5 Å². The first-order chi connectivity index (χ1) is 24.4. The Hall–Kier alpha value is -6.14. The van der Waals surface area contributed by atoms with Crippen LogP contribution in [0.5, 0.6) is 0 Å². The van der Waals surface area contributed by atoms with Crippen molar-refractivity contribution in [1.82, 2.24) is 0 Å². The van der Waals surface area contributed by atoms with E-state index in [1.54, 1.807) is 60.7 Å². The molecule has 13 heteroatoms. The first-order valence-electron chi connectivity index (χ1n) is 15.0. The summed E-state index contributed by atoms with van der Waals surface area (Å²) in [5, 5.41) is 19.0. The Bertz CT molecular complexity index is 1830. The van der Waals surface area contributed by atoms with Crippen molar-refractivity contribution in [3.63, 3.8) is 0 Å². The molecule has 0 aliphatic carbocycles. The zero-order valence-electron chi connectivity index (χ0n) is 27.6. The largest absolute Gasteiger partial charge is 0.459 e. The second-order valence-corrected chi connectivity index (χ2v) is 11.2. The van der Waals surface area contributed by atoms with E-state index < -0.39 is 35.0 Å². The molecule has 0 fully saturated rings. The molecule has 3 rings (SSSR count). The van der Waals surface area contributed by atoms with Crippen molar-refractivity contribution in [2.24, 2.45) is 0 Å². The molecule has 0 aliphatic rings. The quantitative estimate of drug-likeness (QED) is 0.0504. The first kappa shape index (κ1) is 39.3. The summed E-state index contributed by atoms with van der Waals surface area (Å²) in [5.41, 5.74) is 2.40. The number of benzene rings is 3. The Balaban J connectivity index is 1.83. The SMILES string of the molecule is C=C(C)C(=O)OCCOC(=O)/C(C#N)=C(\Cl)c1ccc(N(c2ccccc2)c2ccc(/C(Cl)=C(\C#N)C(=O)OCCOC(=O)C(=C)C)cc2)cc1. The van der Waals surface area contributed by atoms with E-state index in [1.165, 1.54) is 13.8 Å². The topological polar surface area (TPSA) is 156 Å². The lowest BCUT2D eigenvalue weighted by atomic mass is 10.1. The van der Waals surface area contributed by atoms with Gasteiger partial charge in [-0.1, -0.05) is 78.8 Å². The molecule has 0 heterocycles. The molecule has 0 spiro atoms. The smallest absolute Gasteiger partial charge is 0.350 e. The molecule has 0 N–H and O–H groups in total. The summed E-state index contributed by atoms with van der Waals surface area (Å²) in [5.74, 6) is -3.22. The van der Waals surface area contributed by atoms with Crippen molar-refractivity contribution in [3.8, 4) is 12.1 Å². The lowest BCUT2D eigenvalue weighted by molar-refractivity contribution is -0.147. The molecule has 0 aromatic heterocycles. The van der Waals surface area contributed by atoms with Crippen LogP contribution in [0.25, 0.3) is 10.1 Å². The summed E-state index contributed by atoms with van der Waals surface area (Å²) in [6.45, 7) is 8.88. The van der Waals surface area contributed by atoms with Gasteiger partial charge >= 0.3 is 23.9 Å². The average molecular weight is 729 g/mol. The highest BCUT2D eigenvalue weighted by atomic mass is 35.5. The minimum Gasteiger partial charge on any atom is -0.459 e. The van der Waals surface area contributed by atoms with Gasteiger partial charge in [-0.3, -0.25) is 0 Å². The third-order valence-corrected chi connectivity index (χ3v) is 7.45. The van der Waals surface area contributed by atoms with Crippen LogP contribution < -0.4 is 4.90 Å². The first-order valence-corrected chi connectivity index (χ1v) is 15.8. The van der Waals surface area contributed by atoms with E-state index in [0.717, 1.165) is 5.69 Å². The summed E-state index contributed by atoms with van der Waals surface area (Å²) in [6.07, 6.45) is 0. The zero-order chi connectivity index (χ0) is 37.5. The van der Waals surface area contributed by atoms with Crippen LogP contribution in [-0.4, -0.2) is 50.3 Å². The minimum atomic E-state index is -0.978. The number of hydrogen-bond acceptors (Lipinski definition) is 11. The number of carbonyl (C=O) groups is 4. The van der Waals surface area contributed by atoms with Gasteiger partial charge in [0.15, 0.2) is 11.1 Å². The molecular formula is C38H31Cl2N3O8. The van der Waals surface area contributed by atoms with Crippen LogP contribution in [0.1, 0.15) is 25.0 Å². The number of ether oxygens (including phenoxy) is 4. The highest BCUT2D eigenvalue weighted by Crippen LogP contribution is 2.37. The number of anilines is 3. The number of nitriles is 2. The molecule has 0 bridgehead atoms. The van der Waals surface area contributed by atoms with Crippen molar-refractivity contribution in [3.05, 3.63) is 125 Å². The Morgan fingerprint density at radius 1 is 0.569 bits per heavy atom. The summed E-state index contributed by atoms with van der Waals surface area (Å²) < 4.78 is 19.9. The number of carbonyl (C=O) groups excluding carboxylic acids is 4. The monoisotopic (exact) mass is 727 g/mol. The van der Waals surface area contributed by atoms with Gasteiger partial charge in [-0.05, 0) is 61.4 Å². The lowest BCUT2D eigenvalue weighted by Gasteiger charge is -2.26. The molecule has 3 aromatic carbocycles. The molecule has 0 aliphatic heterocycles. The fraction of sp³-hybridized carbons (Fsp3) is 0.158. The van der Waals surface area contributed by atoms with E-state index in [2.05, 4.69) is 13.2 Å². The van der Waals surface area contributed by atoms with Crippen LogP contribution in [0.4, 0.5) is 17.1 Å². The number of hydrogen-bond donors (Lipinski definition) is 0. The van der Waals surface area contributed by atoms with E-state index in [1.807, 2.05) is 35.2 Å². The van der Waals surface area contributed by atoms with Crippen molar-refractivity contribution in [2.75, 3.05) is 31.3 Å².